The lowest BCUT2D eigenvalue weighted by Crippen LogP contribution is -2.48. The lowest BCUT2D eigenvalue weighted by atomic mass is 9.73. The van der Waals surface area contributed by atoms with Gasteiger partial charge in [0.15, 0.2) is 0 Å². The smallest absolute Gasteiger partial charge is 0.144 e. The summed E-state index contributed by atoms with van der Waals surface area (Å²) in [5.41, 5.74) is 2.50. The molecule has 1 aliphatic carbocycles. The Hall–Kier alpha value is -1.91. The monoisotopic (exact) mass is 536 g/mol. The van der Waals surface area contributed by atoms with Crippen LogP contribution >= 0.6 is 22.6 Å². The largest absolute Gasteiger partial charge is 0.350 e. The van der Waals surface area contributed by atoms with Crippen molar-refractivity contribution in [3.63, 3.8) is 0 Å². The second kappa shape index (κ2) is 10.8. The third kappa shape index (κ3) is 4.58. The predicted octanol–water partition coefficient (Wildman–Crippen LogP) is 8.67. The quantitative estimate of drug-likeness (QED) is 0.207. The van der Waals surface area contributed by atoms with Crippen molar-refractivity contribution in [3.05, 3.63) is 118 Å². The molecule has 0 spiro atoms. The van der Waals surface area contributed by atoms with E-state index in [1.54, 1.807) is 0 Å². The van der Waals surface area contributed by atoms with Crippen LogP contribution in [0.4, 0.5) is 0 Å². The standard InChI is InChI=1S/C30H33IO/c1-2-29(23-24-31,25-15-7-3-8-16-25)32-30(26-17-9-4-10-18-26,27-19-11-5-12-20-27)28-21-13-6-14-22-28/h4-6,9-14,17-25H,2-3,7-8,15-16H2,1H3/b24-23+. The minimum atomic E-state index is -0.687. The Morgan fingerprint density at radius 1 is 0.750 bits per heavy atom. The zero-order valence-corrected chi connectivity index (χ0v) is 21.1. The molecule has 32 heavy (non-hydrogen) atoms. The van der Waals surface area contributed by atoms with E-state index >= 15 is 0 Å². The third-order valence-electron chi connectivity index (χ3n) is 7.08. The van der Waals surface area contributed by atoms with Crippen molar-refractivity contribution in [2.24, 2.45) is 5.92 Å². The van der Waals surface area contributed by atoms with Crippen LogP contribution in [0.3, 0.4) is 0 Å². The fourth-order valence-electron chi connectivity index (χ4n) is 5.41. The summed E-state index contributed by atoms with van der Waals surface area (Å²) in [6, 6.07) is 32.3. The Bertz CT molecular complexity index is 880. The van der Waals surface area contributed by atoms with Gasteiger partial charge in [-0.15, -0.1) is 0 Å². The molecule has 0 N–H and O–H groups in total. The van der Waals surface area contributed by atoms with Gasteiger partial charge in [-0.1, -0.05) is 140 Å². The van der Waals surface area contributed by atoms with Gasteiger partial charge in [0.05, 0.1) is 5.60 Å². The van der Waals surface area contributed by atoms with Crippen LogP contribution in [0.15, 0.2) is 101 Å². The third-order valence-corrected chi connectivity index (χ3v) is 7.44. The van der Waals surface area contributed by atoms with E-state index in [9.17, 15) is 0 Å². The zero-order valence-electron chi connectivity index (χ0n) is 18.9. The van der Waals surface area contributed by atoms with Gasteiger partial charge in [-0.3, -0.25) is 0 Å². The number of benzene rings is 3. The molecule has 3 aromatic carbocycles. The van der Waals surface area contributed by atoms with E-state index in [0.29, 0.717) is 5.92 Å². The average Bonchev–Trinajstić information content (AvgIpc) is 2.89. The summed E-state index contributed by atoms with van der Waals surface area (Å²) < 4.78 is 9.79. The highest BCUT2D eigenvalue weighted by Gasteiger charge is 2.47. The topological polar surface area (TPSA) is 9.23 Å². The first kappa shape index (κ1) is 23.3. The van der Waals surface area contributed by atoms with Crippen molar-refractivity contribution in [2.75, 3.05) is 0 Å². The van der Waals surface area contributed by atoms with Gasteiger partial charge in [-0.25, -0.2) is 0 Å². The summed E-state index contributed by atoms with van der Waals surface area (Å²) in [5.74, 6) is 0.516. The number of hydrogen-bond donors (Lipinski definition) is 0. The van der Waals surface area contributed by atoms with Gasteiger partial charge in [0.1, 0.15) is 5.60 Å². The Morgan fingerprint density at radius 2 is 1.19 bits per heavy atom. The molecule has 1 aliphatic rings. The molecular weight excluding hydrogens is 503 g/mol. The van der Waals surface area contributed by atoms with Crippen LogP contribution in [0, 0.1) is 5.92 Å². The van der Waals surface area contributed by atoms with Crippen molar-refractivity contribution < 1.29 is 4.74 Å². The first-order valence-corrected chi connectivity index (χ1v) is 13.1. The minimum absolute atomic E-state index is 0.330. The summed E-state index contributed by atoms with van der Waals surface area (Å²) >= 11 is 2.37. The molecule has 0 aliphatic heterocycles. The molecule has 1 fully saturated rings. The maximum atomic E-state index is 7.62. The summed E-state index contributed by atoms with van der Waals surface area (Å²) in [5, 5.41) is 0. The van der Waals surface area contributed by atoms with E-state index in [-0.39, 0.29) is 5.60 Å². The molecule has 1 atom stereocenters. The Balaban J connectivity index is 1.98. The fraction of sp³-hybridized carbons (Fsp3) is 0.333. The summed E-state index contributed by atoms with van der Waals surface area (Å²) in [6.07, 6.45) is 9.66. The Labute approximate surface area is 207 Å². The average molecular weight is 536 g/mol. The molecular formula is C30H33IO. The molecule has 0 heterocycles. The Morgan fingerprint density at radius 3 is 1.56 bits per heavy atom. The van der Waals surface area contributed by atoms with Crippen LogP contribution in [0.25, 0.3) is 0 Å². The number of hydrogen-bond acceptors (Lipinski definition) is 1. The lowest BCUT2D eigenvalue weighted by Gasteiger charge is -2.48. The molecule has 0 amide bonds. The van der Waals surface area contributed by atoms with Crippen molar-refractivity contribution in [1.82, 2.24) is 0 Å². The molecule has 0 aromatic heterocycles. The summed E-state index contributed by atoms with van der Waals surface area (Å²) in [7, 11) is 0. The summed E-state index contributed by atoms with van der Waals surface area (Å²) in [6.45, 7) is 2.29. The Kier molecular flexibility index (Phi) is 7.85. The fourth-order valence-corrected chi connectivity index (χ4v) is 6.02. The predicted molar refractivity (Wildman–Crippen MR) is 143 cm³/mol. The molecule has 1 nitrogen and oxygen atoms in total. The molecule has 0 saturated heterocycles. The molecule has 1 saturated carbocycles. The van der Waals surface area contributed by atoms with Crippen LogP contribution in [0.1, 0.15) is 62.1 Å². The normalized spacial score (nSPS) is 17.3. The molecule has 0 radical (unpaired) electrons. The highest BCUT2D eigenvalue weighted by atomic mass is 127. The first-order chi connectivity index (χ1) is 15.7. The molecule has 2 heteroatoms. The molecule has 3 aromatic rings. The van der Waals surface area contributed by atoms with Gasteiger partial charge in [0, 0.05) is 0 Å². The van der Waals surface area contributed by atoms with Gasteiger partial charge in [-0.05, 0) is 52.0 Å². The van der Waals surface area contributed by atoms with Crippen LogP contribution in [0.2, 0.25) is 0 Å². The van der Waals surface area contributed by atoms with Gasteiger partial charge < -0.3 is 4.74 Å². The van der Waals surface area contributed by atoms with Crippen molar-refractivity contribution in [1.29, 1.82) is 0 Å². The molecule has 4 rings (SSSR count). The van der Waals surface area contributed by atoms with Gasteiger partial charge in [0.2, 0.25) is 0 Å². The van der Waals surface area contributed by atoms with Crippen molar-refractivity contribution >= 4 is 22.6 Å². The maximum absolute atomic E-state index is 7.62. The number of halogens is 1. The van der Waals surface area contributed by atoms with Crippen molar-refractivity contribution in [3.8, 4) is 0 Å². The van der Waals surface area contributed by atoms with E-state index in [4.69, 9.17) is 4.74 Å². The van der Waals surface area contributed by atoms with Gasteiger partial charge in [-0.2, -0.15) is 0 Å². The highest BCUT2D eigenvalue weighted by molar-refractivity contribution is 14.1. The molecule has 166 valence electrons. The zero-order chi connectivity index (χ0) is 22.3. The van der Waals surface area contributed by atoms with Crippen LogP contribution in [-0.4, -0.2) is 5.60 Å². The van der Waals surface area contributed by atoms with Crippen LogP contribution in [0.5, 0.6) is 0 Å². The maximum Gasteiger partial charge on any atom is 0.144 e. The van der Waals surface area contributed by atoms with E-state index in [1.807, 2.05) is 0 Å². The highest BCUT2D eigenvalue weighted by Crippen LogP contribution is 2.49. The van der Waals surface area contributed by atoms with Crippen LogP contribution in [-0.2, 0) is 10.3 Å². The number of ether oxygens (including phenoxy) is 1. The van der Waals surface area contributed by atoms with Crippen LogP contribution < -0.4 is 0 Å². The molecule has 0 bridgehead atoms. The van der Waals surface area contributed by atoms with E-state index < -0.39 is 5.60 Å². The van der Waals surface area contributed by atoms with Crippen molar-refractivity contribution in [2.45, 2.75) is 56.7 Å². The first-order valence-electron chi connectivity index (χ1n) is 11.9. The second-order valence-electron chi connectivity index (χ2n) is 8.82. The second-order valence-corrected chi connectivity index (χ2v) is 9.54. The summed E-state index contributed by atoms with van der Waals surface area (Å²) in [4.78, 5) is 0. The minimum Gasteiger partial charge on any atom is -0.350 e. The van der Waals surface area contributed by atoms with E-state index in [2.05, 4.69) is 131 Å². The van der Waals surface area contributed by atoms with Gasteiger partial charge in [0.25, 0.3) is 0 Å². The SMILES string of the molecule is CCC(/C=C/I)(OC(c1ccccc1)(c1ccccc1)c1ccccc1)C1CCCCC1. The van der Waals surface area contributed by atoms with Gasteiger partial charge >= 0.3 is 0 Å². The van der Waals surface area contributed by atoms with E-state index in [1.165, 1.54) is 48.8 Å². The molecule has 1 unspecified atom stereocenters. The lowest BCUT2D eigenvalue weighted by molar-refractivity contribution is -0.133. The van der Waals surface area contributed by atoms with E-state index in [0.717, 1.165) is 6.42 Å². The number of rotatable bonds is 8.